The molecule has 0 aliphatic heterocycles. The molecule has 0 aromatic heterocycles. The number of rotatable bonds is 2. The van der Waals surface area contributed by atoms with Crippen molar-refractivity contribution in [3.8, 4) is 0 Å². The standard InChI is InChI=1S/C9H11BrO2S/c1-6-7(2)9(10)4-3-8(6)5-13(11)12/h3-4,13H,5H2,1-2H3. The first-order valence-corrected chi connectivity index (χ1v) is 6.04. The van der Waals surface area contributed by atoms with E-state index in [0.29, 0.717) is 0 Å². The molecule has 0 saturated carbocycles. The van der Waals surface area contributed by atoms with E-state index in [1.54, 1.807) is 0 Å². The lowest BCUT2D eigenvalue weighted by Gasteiger charge is -2.07. The number of hydrogen-bond acceptors (Lipinski definition) is 2. The molecule has 0 atom stereocenters. The number of halogens is 1. The Morgan fingerprint density at radius 1 is 1.23 bits per heavy atom. The van der Waals surface area contributed by atoms with Crippen LogP contribution in [0.5, 0.6) is 0 Å². The van der Waals surface area contributed by atoms with E-state index in [4.69, 9.17) is 0 Å². The molecule has 1 aromatic rings. The van der Waals surface area contributed by atoms with E-state index in [-0.39, 0.29) is 5.75 Å². The fourth-order valence-electron chi connectivity index (χ4n) is 1.15. The predicted octanol–water partition coefficient (Wildman–Crippen LogP) is 2.18. The summed E-state index contributed by atoms with van der Waals surface area (Å²) in [7, 11) is -2.33. The van der Waals surface area contributed by atoms with Gasteiger partial charge < -0.3 is 0 Å². The first-order chi connectivity index (χ1) is 6.02. The van der Waals surface area contributed by atoms with Crippen molar-refractivity contribution in [2.24, 2.45) is 0 Å². The van der Waals surface area contributed by atoms with Crippen LogP contribution in [0.15, 0.2) is 16.6 Å². The van der Waals surface area contributed by atoms with Gasteiger partial charge in [-0.2, -0.15) is 0 Å². The third kappa shape index (κ3) is 2.54. The molecule has 0 amide bonds. The Morgan fingerprint density at radius 3 is 2.38 bits per heavy atom. The van der Waals surface area contributed by atoms with Gasteiger partial charge in [-0.25, -0.2) is 8.42 Å². The van der Waals surface area contributed by atoms with Gasteiger partial charge in [-0.05, 0) is 36.6 Å². The Kier molecular flexibility index (Phi) is 3.50. The molecule has 0 radical (unpaired) electrons. The molecule has 4 heteroatoms. The smallest absolute Gasteiger partial charge is 0.144 e. The van der Waals surface area contributed by atoms with Gasteiger partial charge in [-0.1, -0.05) is 22.0 Å². The average molecular weight is 263 g/mol. The van der Waals surface area contributed by atoms with E-state index < -0.39 is 10.7 Å². The fraction of sp³-hybridized carbons (Fsp3) is 0.333. The molecule has 0 unspecified atom stereocenters. The van der Waals surface area contributed by atoms with Crippen molar-refractivity contribution >= 4 is 26.6 Å². The Labute approximate surface area is 88.1 Å². The molecule has 0 heterocycles. The first-order valence-electron chi connectivity index (χ1n) is 3.88. The summed E-state index contributed by atoms with van der Waals surface area (Å²) in [6, 6.07) is 3.73. The van der Waals surface area contributed by atoms with Crippen LogP contribution in [0.2, 0.25) is 0 Å². The van der Waals surface area contributed by atoms with Crippen LogP contribution in [-0.4, -0.2) is 8.42 Å². The Balaban J connectivity index is 3.18. The van der Waals surface area contributed by atoms with Crippen LogP contribution in [0, 0.1) is 13.8 Å². The van der Waals surface area contributed by atoms with Crippen molar-refractivity contribution in [3.63, 3.8) is 0 Å². The highest BCUT2D eigenvalue weighted by Gasteiger charge is 2.04. The highest BCUT2D eigenvalue weighted by molar-refractivity contribution is 9.10. The van der Waals surface area contributed by atoms with E-state index in [2.05, 4.69) is 15.9 Å². The van der Waals surface area contributed by atoms with E-state index in [1.165, 1.54) is 0 Å². The van der Waals surface area contributed by atoms with E-state index in [1.807, 2.05) is 26.0 Å². The molecule has 0 fully saturated rings. The molecule has 0 aliphatic rings. The fourth-order valence-corrected chi connectivity index (χ4v) is 2.20. The van der Waals surface area contributed by atoms with Crippen LogP contribution in [0.25, 0.3) is 0 Å². The topological polar surface area (TPSA) is 34.1 Å². The van der Waals surface area contributed by atoms with Crippen LogP contribution in [0.3, 0.4) is 0 Å². The largest absolute Gasteiger partial charge is 0.232 e. The summed E-state index contributed by atoms with van der Waals surface area (Å²) in [6.45, 7) is 3.91. The normalized spacial score (nSPS) is 10.8. The molecule has 1 rings (SSSR count). The molecule has 0 spiro atoms. The van der Waals surface area contributed by atoms with Gasteiger partial charge in [-0.15, -0.1) is 0 Å². The highest BCUT2D eigenvalue weighted by Crippen LogP contribution is 2.22. The molecule has 0 saturated heterocycles. The number of thiol groups is 1. The summed E-state index contributed by atoms with van der Waals surface area (Å²) in [5.41, 5.74) is 3.04. The molecule has 0 N–H and O–H groups in total. The minimum Gasteiger partial charge on any atom is -0.232 e. The maximum atomic E-state index is 10.5. The minimum atomic E-state index is -2.33. The van der Waals surface area contributed by atoms with Gasteiger partial charge in [0.1, 0.15) is 10.7 Å². The molecular weight excluding hydrogens is 252 g/mol. The Bertz CT molecular complexity index is 389. The van der Waals surface area contributed by atoms with Gasteiger partial charge in [0.25, 0.3) is 0 Å². The van der Waals surface area contributed by atoms with Gasteiger partial charge in [0, 0.05) is 4.47 Å². The second-order valence-corrected chi connectivity index (χ2v) is 4.78. The van der Waals surface area contributed by atoms with Crippen LogP contribution < -0.4 is 0 Å². The van der Waals surface area contributed by atoms with E-state index in [0.717, 1.165) is 21.2 Å². The van der Waals surface area contributed by atoms with Crippen molar-refractivity contribution < 1.29 is 8.42 Å². The molecule has 2 nitrogen and oxygen atoms in total. The van der Waals surface area contributed by atoms with Gasteiger partial charge in [-0.3, -0.25) is 0 Å². The zero-order valence-electron chi connectivity index (χ0n) is 7.50. The SMILES string of the molecule is Cc1c(Br)ccc(C[SH](=O)=O)c1C. The molecule has 1 aromatic carbocycles. The number of hydrogen-bond donors (Lipinski definition) is 1. The van der Waals surface area contributed by atoms with Crippen LogP contribution in [-0.2, 0) is 16.5 Å². The van der Waals surface area contributed by atoms with Crippen LogP contribution >= 0.6 is 15.9 Å². The maximum absolute atomic E-state index is 10.5. The zero-order chi connectivity index (χ0) is 10.0. The lowest BCUT2D eigenvalue weighted by Crippen LogP contribution is -1.94. The third-order valence-electron chi connectivity index (χ3n) is 2.13. The number of benzene rings is 1. The summed E-state index contributed by atoms with van der Waals surface area (Å²) < 4.78 is 22.1. The van der Waals surface area contributed by atoms with E-state index in [9.17, 15) is 8.42 Å². The predicted molar refractivity (Wildman–Crippen MR) is 57.6 cm³/mol. The van der Waals surface area contributed by atoms with Crippen molar-refractivity contribution in [1.29, 1.82) is 0 Å². The second-order valence-electron chi connectivity index (χ2n) is 2.95. The van der Waals surface area contributed by atoms with Crippen molar-refractivity contribution in [2.45, 2.75) is 19.6 Å². The summed E-state index contributed by atoms with van der Waals surface area (Å²) in [5.74, 6) is 0.134. The van der Waals surface area contributed by atoms with Crippen molar-refractivity contribution in [2.75, 3.05) is 0 Å². The zero-order valence-corrected chi connectivity index (χ0v) is 9.98. The van der Waals surface area contributed by atoms with Gasteiger partial charge in [0.2, 0.25) is 0 Å². The Morgan fingerprint density at radius 2 is 1.85 bits per heavy atom. The lowest BCUT2D eigenvalue weighted by atomic mass is 10.1. The van der Waals surface area contributed by atoms with Gasteiger partial charge in [0.05, 0.1) is 5.75 Å². The average Bonchev–Trinajstić information content (AvgIpc) is 2.06. The van der Waals surface area contributed by atoms with Gasteiger partial charge >= 0.3 is 0 Å². The molecule has 0 aliphatic carbocycles. The van der Waals surface area contributed by atoms with Crippen LogP contribution in [0.4, 0.5) is 0 Å². The second kappa shape index (κ2) is 4.24. The van der Waals surface area contributed by atoms with Gasteiger partial charge in [0.15, 0.2) is 0 Å². The third-order valence-corrected chi connectivity index (χ3v) is 3.59. The summed E-state index contributed by atoms with van der Waals surface area (Å²) in [4.78, 5) is 0. The molecule has 13 heavy (non-hydrogen) atoms. The lowest BCUT2D eigenvalue weighted by molar-refractivity contribution is 0.614. The maximum Gasteiger partial charge on any atom is 0.144 e. The van der Waals surface area contributed by atoms with Crippen molar-refractivity contribution in [1.82, 2.24) is 0 Å². The molecular formula is C9H11BrO2S. The van der Waals surface area contributed by atoms with E-state index >= 15 is 0 Å². The van der Waals surface area contributed by atoms with Crippen LogP contribution in [0.1, 0.15) is 16.7 Å². The highest BCUT2D eigenvalue weighted by atomic mass is 79.9. The summed E-state index contributed by atoms with van der Waals surface area (Å²) >= 11 is 3.40. The van der Waals surface area contributed by atoms with Crippen molar-refractivity contribution in [3.05, 3.63) is 33.3 Å². The monoisotopic (exact) mass is 262 g/mol. The Hall–Kier alpha value is -0.350. The summed E-state index contributed by atoms with van der Waals surface area (Å²) in [6.07, 6.45) is 0. The molecule has 0 bridgehead atoms. The first kappa shape index (κ1) is 10.7. The molecule has 72 valence electrons. The summed E-state index contributed by atoms with van der Waals surface area (Å²) in [5, 5.41) is 0. The quantitative estimate of drug-likeness (QED) is 0.830. The minimum absolute atomic E-state index is 0.134.